The predicted molar refractivity (Wildman–Crippen MR) is 88.0 cm³/mol. The number of hydrogen-bond acceptors (Lipinski definition) is 5. The molecule has 0 bridgehead atoms. The first-order chi connectivity index (χ1) is 11.1. The summed E-state index contributed by atoms with van der Waals surface area (Å²) in [6.45, 7) is -0.102. The topological polar surface area (TPSA) is 65.2 Å². The molecule has 1 aromatic heterocycles. The lowest BCUT2D eigenvalue weighted by Crippen LogP contribution is -2.05. The van der Waals surface area contributed by atoms with Gasteiger partial charge in [-0.15, -0.1) is 10.2 Å². The number of benzene rings is 2. The highest BCUT2D eigenvalue weighted by Gasteiger charge is 2.12. The van der Waals surface area contributed by atoms with E-state index in [1.165, 1.54) is 6.07 Å². The normalized spacial score (nSPS) is 10.5. The summed E-state index contributed by atoms with van der Waals surface area (Å²) < 4.78 is 11.6. The Kier molecular flexibility index (Phi) is 4.73. The van der Waals surface area contributed by atoms with Crippen molar-refractivity contribution in [2.24, 2.45) is 0 Å². The van der Waals surface area contributed by atoms with Crippen LogP contribution in [-0.4, -0.2) is 16.2 Å². The van der Waals surface area contributed by atoms with Gasteiger partial charge >= 0.3 is 5.97 Å². The van der Waals surface area contributed by atoms with Crippen LogP contribution in [0.25, 0.3) is 11.5 Å². The lowest BCUT2D eigenvalue weighted by Gasteiger charge is -2.02. The summed E-state index contributed by atoms with van der Waals surface area (Å²) in [7, 11) is 0. The monoisotopic (exact) mass is 392 g/mol. The Morgan fingerprint density at radius 2 is 1.96 bits per heavy atom. The summed E-state index contributed by atoms with van der Waals surface area (Å²) in [5, 5.41) is 8.27. The first-order valence-electron chi connectivity index (χ1n) is 6.63. The third kappa shape index (κ3) is 3.97. The third-order valence-electron chi connectivity index (χ3n) is 2.95. The van der Waals surface area contributed by atoms with E-state index in [1.54, 1.807) is 18.2 Å². The SMILES string of the molecule is O=C(OCc1nnc(-c2ccc(Br)cc2)o1)c1cccc(Cl)c1. The Labute approximate surface area is 145 Å². The first-order valence-corrected chi connectivity index (χ1v) is 7.80. The molecule has 23 heavy (non-hydrogen) atoms. The molecular formula is C16H10BrClN2O3. The number of ether oxygens (including phenoxy) is 1. The smallest absolute Gasteiger partial charge is 0.338 e. The van der Waals surface area contributed by atoms with Crippen molar-refractivity contribution < 1.29 is 13.9 Å². The van der Waals surface area contributed by atoms with Crippen LogP contribution >= 0.6 is 27.5 Å². The van der Waals surface area contributed by atoms with E-state index in [0.29, 0.717) is 16.5 Å². The molecule has 1 heterocycles. The van der Waals surface area contributed by atoms with Crippen LogP contribution in [-0.2, 0) is 11.3 Å². The van der Waals surface area contributed by atoms with Crippen LogP contribution in [0.3, 0.4) is 0 Å². The quantitative estimate of drug-likeness (QED) is 0.610. The zero-order valence-electron chi connectivity index (χ0n) is 11.7. The van der Waals surface area contributed by atoms with Gasteiger partial charge in [0.1, 0.15) is 0 Å². The van der Waals surface area contributed by atoms with Crippen LogP contribution in [0.2, 0.25) is 5.02 Å². The molecule has 0 unspecified atom stereocenters. The number of aromatic nitrogens is 2. The van der Waals surface area contributed by atoms with E-state index in [9.17, 15) is 4.79 Å². The maximum Gasteiger partial charge on any atom is 0.338 e. The number of hydrogen-bond donors (Lipinski definition) is 0. The molecule has 0 radical (unpaired) electrons. The Bertz CT molecular complexity index is 833. The average Bonchev–Trinajstić information content (AvgIpc) is 3.02. The highest BCUT2D eigenvalue weighted by molar-refractivity contribution is 9.10. The summed E-state index contributed by atoms with van der Waals surface area (Å²) in [6.07, 6.45) is 0. The van der Waals surface area contributed by atoms with Gasteiger partial charge in [-0.1, -0.05) is 33.6 Å². The van der Waals surface area contributed by atoms with Gasteiger partial charge in [-0.25, -0.2) is 4.79 Å². The summed E-state index contributed by atoms with van der Waals surface area (Å²) in [6, 6.07) is 14.0. The van der Waals surface area contributed by atoms with Gasteiger partial charge in [0.05, 0.1) is 5.56 Å². The molecule has 0 aliphatic heterocycles. The number of rotatable bonds is 4. The summed E-state index contributed by atoms with van der Waals surface area (Å²) in [4.78, 5) is 11.9. The number of carbonyl (C=O) groups is 1. The second kappa shape index (κ2) is 6.93. The molecule has 0 saturated carbocycles. The molecule has 0 amide bonds. The van der Waals surface area contributed by atoms with Crippen LogP contribution in [0.1, 0.15) is 16.2 Å². The molecule has 0 aliphatic carbocycles. The molecule has 2 aromatic carbocycles. The fraction of sp³-hybridized carbons (Fsp3) is 0.0625. The van der Waals surface area contributed by atoms with Crippen LogP contribution in [0, 0.1) is 0 Å². The number of halogens is 2. The molecule has 3 rings (SSSR count). The molecule has 116 valence electrons. The van der Waals surface area contributed by atoms with Gasteiger partial charge in [-0.2, -0.15) is 0 Å². The van der Waals surface area contributed by atoms with Crippen LogP contribution in [0.5, 0.6) is 0 Å². The van der Waals surface area contributed by atoms with Gasteiger partial charge in [-0.3, -0.25) is 0 Å². The number of esters is 1. The van der Waals surface area contributed by atoms with Crippen molar-refractivity contribution in [1.29, 1.82) is 0 Å². The van der Waals surface area contributed by atoms with E-state index in [1.807, 2.05) is 24.3 Å². The lowest BCUT2D eigenvalue weighted by atomic mass is 10.2. The number of carbonyl (C=O) groups excluding carboxylic acids is 1. The third-order valence-corrected chi connectivity index (χ3v) is 3.71. The van der Waals surface area contributed by atoms with Gasteiger partial charge in [0, 0.05) is 15.1 Å². The molecule has 0 spiro atoms. The Morgan fingerprint density at radius 3 is 2.70 bits per heavy atom. The van der Waals surface area contributed by atoms with Gasteiger partial charge in [0.15, 0.2) is 6.61 Å². The molecule has 0 aliphatic rings. The van der Waals surface area contributed by atoms with Crippen LogP contribution in [0.15, 0.2) is 57.4 Å². The minimum atomic E-state index is -0.504. The van der Waals surface area contributed by atoms with Crippen molar-refractivity contribution in [2.45, 2.75) is 6.61 Å². The molecule has 3 aromatic rings. The predicted octanol–water partition coefficient (Wildman–Crippen LogP) is 4.51. The summed E-state index contributed by atoms with van der Waals surface area (Å²) in [5.74, 6) is 0.0838. The van der Waals surface area contributed by atoms with Crippen molar-refractivity contribution in [1.82, 2.24) is 10.2 Å². The zero-order valence-corrected chi connectivity index (χ0v) is 14.0. The van der Waals surface area contributed by atoms with Crippen molar-refractivity contribution in [3.63, 3.8) is 0 Å². The van der Waals surface area contributed by atoms with Gasteiger partial charge < -0.3 is 9.15 Å². The van der Waals surface area contributed by atoms with Crippen molar-refractivity contribution in [2.75, 3.05) is 0 Å². The Hall–Kier alpha value is -2.18. The highest BCUT2D eigenvalue weighted by atomic mass is 79.9. The van der Waals surface area contributed by atoms with Crippen molar-refractivity contribution >= 4 is 33.5 Å². The van der Waals surface area contributed by atoms with Gasteiger partial charge in [0.25, 0.3) is 5.89 Å². The first kappa shape index (κ1) is 15.7. The second-order valence-electron chi connectivity index (χ2n) is 4.59. The van der Waals surface area contributed by atoms with E-state index >= 15 is 0 Å². The van der Waals surface area contributed by atoms with Crippen molar-refractivity contribution in [3.8, 4) is 11.5 Å². The van der Waals surface area contributed by atoms with Crippen LogP contribution in [0.4, 0.5) is 0 Å². The van der Waals surface area contributed by atoms with E-state index in [0.717, 1.165) is 10.0 Å². The molecule has 7 heteroatoms. The molecule has 5 nitrogen and oxygen atoms in total. The maximum absolute atomic E-state index is 11.9. The minimum absolute atomic E-state index is 0.102. The summed E-state index contributed by atoms with van der Waals surface area (Å²) in [5.41, 5.74) is 1.15. The van der Waals surface area contributed by atoms with Crippen molar-refractivity contribution in [3.05, 3.63) is 69.5 Å². The second-order valence-corrected chi connectivity index (χ2v) is 5.95. The van der Waals surface area contributed by atoms with Crippen LogP contribution < -0.4 is 0 Å². The fourth-order valence-electron chi connectivity index (χ4n) is 1.85. The zero-order chi connectivity index (χ0) is 16.2. The summed E-state index contributed by atoms with van der Waals surface area (Å²) >= 11 is 9.19. The maximum atomic E-state index is 11.9. The Morgan fingerprint density at radius 1 is 1.17 bits per heavy atom. The van der Waals surface area contributed by atoms with Gasteiger partial charge in [0.2, 0.25) is 5.89 Å². The van der Waals surface area contributed by atoms with E-state index in [-0.39, 0.29) is 12.5 Å². The molecule has 0 atom stereocenters. The molecule has 0 N–H and O–H groups in total. The van der Waals surface area contributed by atoms with E-state index in [4.69, 9.17) is 20.8 Å². The number of nitrogens with zero attached hydrogens (tertiary/aromatic N) is 2. The average molecular weight is 394 g/mol. The van der Waals surface area contributed by atoms with Gasteiger partial charge in [-0.05, 0) is 42.5 Å². The highest BCUT2D eigenvalue weighted by Crippen LogP contribution is 2.21. The molecule has 0 fully saturated rings. The molecular weight excluding hydrogens is 384 g/mol. The molecule has 0 saturated heterocycles. The standard InChI is InChI=1S/C16H10BrClN2O3/c17-12-6-4-10(5-7-12)15-20-19-14(23-15)9-22-16(21)11-2-1-3-13(18)8-11/h1-8H,9H2. The van der Waals surface area contributed by atoms with E-state index < -0.39 is 5.97 Å². The fourth-order valence-corrected chi connectivity index (χ4v) is 2.30. The lowest BCUT2D eigenvalue weighted by molar-refractivity contribution is 0.0438. The minimum Gasteiger partial charge on any atom is -0.452 e. The largest absolute Gasteiger partial charge is 0.452 e. The Balaban J connectivity index is 1.65. The van der Waals surface area contributed by atoms with E-state index in [2.05, 4.69) is 26.1 Å².